The molecule has 1 rings (SSSR count). The van der Waals surface area contributed by atoms with Crippen LogP contribution in [0.2, 0.25) is 0 Å². The quantitative estimate of drug-likeness (QED) is 0.390. The molecule has 0 saturated carbocycles. The van der Waals surface area contributed by atoms with E-state index in [1.165, 1.54) is 18.7 Å². The first kappa shape index (κ1) is 14.2. The lowest BCUT2D eigenvalue weighted by atomic mass is 9.93. The highest BCUT2D eigenvalue weighted by atomic mass is 32.2. The van der Waals surface area contributed by atoms with Crippen molar-refractivity contribution in [2.45, 2.75) is 48.9 Å². The standard InChI is InChI=1S/C9H19NO5S/c1-3(11)4(10)8-6(13)5(12)7(14)9(15-8)16-2/h3-9,11-14H,10H2,1-2H3/t3-,4+,5-,6+,7+,8+,9-/m0/s1. The fourth-order valence-corrected chi connectivity index (χ4v) is 2.34. The maximum atomic E-state index is 9.71. The van der Waals surface area contributed by atoms with Crippen molar-refractivity contribution in [2.24, 2.45) is 5.73 Å². The summed E-state index contributed by atoms with van der Waals surface area (Å²) in [5, 5.41) is 38.2. The van der Waals surface area contributed by atoms with Gasteiger partial charge >= 0.3 is 0 Å². The first-order valence-electron chi connectivity index (χ1n) is 5.06. The van der Waals surface area contributed by atoms with Crippen molar-refractivity contribution >= 4 is 11.8 Å². The molecule has 0 aliphatic carbocycles. The summed E-state index contributed by atoms with van der Waals surface area (Å²) in [6.07, 6.45) is -3.84. The molecule has 0 unspecified atom stereocenters. The highest BCUT2D eigenvalue weighted by Gasteiger charge is 2.46. The Morgan fingerprint density at radius 1 is 1.19 bits per heavy atom. The van der Waals surface area contributed by atoms with Gasteiger partial charge in [0.1, 0.15) is 29.9 Å². The second-order valence-corrected chi connectivity index (χ2v) is 4.93. The summed E-state index contributed by atoms with van der Waals surface area (Å²) in [5.41, 5.74) is 5.01. The lowest BCUT2D eigenvalue weighted by Crippen LogP contribution is -2.63. The molecular formula is C9H19NO5S. The zero-order valence-corrected chi connectivity index (χ0v) is 10.0. The van der Waals surface area contributed by atoms with Gasteiger partial charge in [-0.1, -0.05) is 0 Å². The third-order valence-corrected chi connectivity index (χ3v) is 3.63. The fraction of sp³-hybridized carbons (Fsp3) is 1.00. The molecule has 1 saturated heterocycles. The lowest BCUT2D eigenvalue weighted by molar-refractivity contribution is -0.207. The van der Waals surface area contributed by atoms with Gasteiger partial charge in [-0.3, -0.25) is 0 Å². The average molecular weight is 253 g/mol. The number of rotatable bonds is 3. The molecule has 0 spiro atoms. The monoisotopic (exact) mass is 253 g/mol. The maximum absolute atomic E-state index is 9.71. The minimum atomic E-state index is -1.32. The van der Waals surface area contributed by atoms with Crippen LogP contribution in [-0.2, 0) is 4.74 Å². The molecule has 16 heavy (non-hydrogen) atoms. The minimum absolute atomic E-state index is 0.659. The van der Waals surface area contributed by atoms with E-state index in [9.17, 15) is 20.4 Å². The van der Waals surface area contributed by atoms with Crippen molar-refractivity contribution in [1.29, 1.82) is 0 Å². The van der Waals surface area contributed by atoms with Crippen molar-refractivity contribution in [2.75, 3.05) is 6.26 Å². The van der Waals surface area contributed by atoms with Gasteiger partial charge in [0.15, 0.2) is 0 Å². The maximum Gasteiger partial charge on any atom is 0.132 e. The zero-order chi connectivity index (χ0) is 12.5. The SMILES string of the molecule is CS[C@@H]1O[C@H]([C@H](N)[C@H](C)O)[C@H](O)[C@H](O)[C@H]1O. The van der Waals surface area contributed by atoms with E-state index in [0.29, 0.717) is 0 Å². The van der Waals surface area contributed by atoms with Crippen LogP contribution < -0.4 is 5.73 Å². The molecule has 6 N–H and O–H groups in total. The summed E-state index contributed by atoms with van der Waals surface area (Å²) in [7, 11) is 0. The van der Waals surface area contributed by atoms with Gasteiger partial charge in [-0.05, 0) is 13.2 Å². The van der Waals surface area contributed by atoms with E-state index in [1.54, 1.807) is 6.26 Å². The lowest BCUT2D eigenvalue weighted by Gasteiger charge is -2.42. The first-order valence-corrected chi connectivity index (χ1v) is 6.35. The van der Waals surface area contributed by atoms with Gasteiger partial charge in [0, 0.05) is 0 Å². The highest BCUT2D eigenvalue weighted by Crippen LogP contribution is 2.28. The van der Waals surface area contributed by atoms with E-state index in [2.05, 4.69) is 0 Å². The second-order valence-electron chi connectivity index (χ2n) is 3.99. The van der Waals surface area contributed by atoms with Crippen LogP contribution in [0.3, 0.4) is 0 Å². The molecule has 1 heterocycles. The Morgan fingerprint density at radius 3 is 2.19 bits per heavy atom. The van der Waals surface area contributed by atoms with Gasteiger partial charge in [0.05, 0.1) is 12.1 Å². The molecule has 1 aliphatic rings. The van der Waals surface area contributed by atoms with Gasteiger partial charge in [-0.25, -0.2) is 0 Å². The van der Waals surface area contributed by atoms with Gasteiger partial charge in [-0.2, -0.15) is 0 Å². The molecule has 96 valence electrons. The van der Waals surface area contributed by atoms with E-state index in [0.717, 1.165) is 0 Å². The summed E-state index contributed by atoms with van der Waals surface area (Å²) >= 11 is 1.21. The van der Waals surface area contributed by atoms with Crippen LogP contribution >= 0.6 is 11.8 Å². The fourth-order valence-electron chi connectivity index (χ4n) is 1.66. The number of ether oxygens (including phenoxy) is 1. The Balaban J connectivity index is 2.78. The number of aliphatic hydroxyl groups is 4. The third kappa shape index (κ3) is 2.67. The minimum Gasteiger partial charge on any atom is -0.392 e. The van der Waals surface area contributed by atoms with Crippen molar-refractivity contribution in [3.8, 4) is 0 Å². The van der Waals surface area contributed by atoms with E-state index in [4.69, 9.17) is 10.5 Å². The van der Waals surface area contributed by atoms with Gasteiger partial charge < -0.3 is 30.9 Å². The first-order chi connectivity index (χ1) is 7.40. The van der Waals surface area contributed by atoms with Crippen LogP contribution in [-0.4, -0.2) is 68.7 Å². The molecule has 0 aromatic heterocycles. The molecule has 0 radical (unpaired) electrons. The number of hydrogen-bond donors (Lipinski definition) is 5. The van der Waals surface area contributed by atoms with Crippen LogP contribution in [0, 0.1) is 0 Å². The largest absolute Gasteiger partial charge is 0.392 e. The van der Waals surface area contributed by atoms with Crippen molar-refractivity contribution in [1.82, 2.24) is 0 Å². The molecule has 1 fully saturated rings. The van der Waals surface area contributed by atoms with E-state index >= 15 is 0 Å². The summed E-state index contributed by atoms with van der Waals surface area (Å²) < 4.78 is 5.37. The smallest absolute Gasteiger partial charge is 0.132 e. The topological polar surface area (TPSA) is 116 Å². The highest BCUT2D eigenvalue weighted by molar-refractivity contribution is 7.99. The Bertz CT molecular complexity index is 228. The van der Waals surface area contributed by atoms with Crippen molar-refractivity contribution in [3.05, 3.63) is 0 Å². The van der Waals surface area contributed by atoms with Gasteiger partial charge in [-0.15, -0.1) is 11.8 Å². The Kier molecular flexibility index (Phi) is 4.99. The number of hydrogen-bond acceptors (Lipinski definition) is 7. The Morgan fingerprint density at radius 2 is 1.75 bits per heavy atom. The van der Waals surface area contributed by atoms with E-state index < -0.39 is 42.0 Å². The third-order valence-electron chi connectivity index (χ3n) is 2.78. The Hall–Kier alpha value is 0.110. The van der Waals surface area contributed by atoms with Crippen LogP contribution in [0.1, 0.15) is 6.92 Å². The molecular weight excluding hydrogens is 234 g/mol. The number of thioether (sulfide) groups is 1. The zero-order valence-electron chi connectivity index (χ0n) is 9.22. The molecule has 0 bridgehead atoms. The van der Waals surface area contributed by atoms with Crippen LogP contribution in [0.5, 0.6) is 0 Å². The van der Waals surface area contributed by atoms with E-state index in [-0.39, 0.29) is 0 Å². The predicted octanol–water partition coefficient (Wildman–Crippen LogP) is -2.13. The summed E-state index contributed by atoms with van der Waals surface area (Å²) in [5.74, 6) is 0. The molecule has 6 nitrogen and oxygen atoms in total. The summed E-state index contributed by atoms with van der Waals surface area (Å²) in [6, 6.07) is -0.813. The van der Waals surface area contributed by atoms with Crippen molar-refractivity contribution in [3.63, 3.8) is 0 Å². The second kappa shape index (κ2) is 5.63. The summed E-state index contributed by atoms with van der Waals surface area (Å²) in [6.45, 7) is 1.48. The molecule has 7 atom stereocenters. The van der Waals surface area contributed by atoms with Crippen LogP contribution in [0.25, 0.3) is 0 Å². The molecule has 0 aromatic rings. The Labute approximate surface area is 98.4 Å². The normalized spacial score (nSPS) is 44.1. The van der Waals surface area contributed by atoms with Crippen LogP contribution in [0.15, 0.2) is 0 Å². The molecule has 0 aromatic carbocycles. The predicted molar refractivity (Wildman–Crippen MR) is 59.9 cm³/mol. The average Bonchev–Trinajstić information content (AvgIpc) is 2.25. The number of aliphatic hydroxyl groups excluding tert-OH is 4. The molecule has 0 amide bonds. The number of nitrogens with two attached hydrogens (primary N) is 1. The van der Waals surface area contributed by atoms with Crippen LogP contribution in [0.4, 0.5) is 0 Å². The molecule has 7 heteroatoms. The van der Waals surface area contributed by atoms with Gasteiger partial charge in [0.25, 0.3) is 0 Å². The van der Waals surface area contributed by atoms with Crippen molar-refractivity contribution < 1.29 is 25.2 Å². The van der Waals surface area contributed by atoms with E-state index in [1.807, 2.05) is 0 Å². The van der Waals surface area contributed by atoms with Gasteiger partial charge in [0.2, 0.25) is 0 Å². The summed E-state index contributed by atoms with van der Waals surface area (Å²) in [4.78, 5) is 0. The molecule has 1 aliphatic heterocycles.